The molecule has 0 aliphatic heterocycles. The minimum Gasteiger partial charge on any atom is -0.353 e. The predicted octanol–water partition coefficient (Wildman–Crippen LogP) is 2.06. The molecule has 2 amide bonds. The Morgan fingerprint density at radius 1 is 1.30 bits per heavy atom. The van der Waals surface area contributed by atoms with Crippen molar-refractivity contribution < 1.29 is 9.59 Å². The number of hydrogen-bond acceptors (Lipinski definition) is 3. The van der Waals surface area contributed by atoms with Gasteiger partial charge in [0.05, 0.1) is 5.56 Å². The topological polar surface area (TPSA) is 84.2 Å². The van der Waals surface area contributed by atoms with E-state index in [2.05, 4.69) is 26.6 Å². The van der Waals surface area contributed by atoms with Crippen LogP contribution in [0.25, 0.3) is 0 Å². The van der Waals surface area contributed by atoms with Gasteiger partial charge in [-0.15, -0.1) is 0 Å². The Hall–Kier alpha value is -1.40. The Kier molecular flexibility index (Phi) is 6.18. The van der Waals surface area contributed by atoms with Gasteiger partial charge in [-0.2, -0.15) is 0 Å². The van der Waals surface area contributed by atoms with Gasteiger partial charge in [0, 0.05) is 17.1 Å². The Labute approximate surface area is 145 Å². The van der Waals surface area contributed by atoms with Crippen molar-refractivity contribution in [1.29, 1.82) is 0 Å². The second-order valence-corrected chi connectivity index (χ2v) is 7.28. The zero-order valence-corrected chi connectivity index (χ0v) is 15.1. The molecule has 2 rings (SSSR count). The van der Waals surface area contributed by atoms with Crippen molar-refractivity contribution in [3.05, 3.63) is 34.3 Å². The smallest absolute Gasteiger partial charge is 0.253 e. The van der Waals surface area contributed by atoms with Crippen LogP contribution in [-0.2, 0) is 4.79 Å². The van der Waals surface area contributed by atoms with Crippen molar-refractivity contribution in [3.63, 3.8) is 0 Å². The maximum absolute atomic E-state index is 12.4. The summed E-state index contributed by atoms with van der Waals surface area (Å²) in [5.41, 5.74) is 6.52. The normalized spacial score (nSPS) is 16.7. The van der Waals surface area contributed by atoms with Gasteiger partial charge < -0.3 is 16.4 Å². The van der Waals surface area contributed by atoms with Crippen LogP contribution in [0.4, 0.5) is 0 Å². The molecule has 2 unspecified atom stereocenters. The average molecular weight is 382 g/mol. The van der Waals surface area contributed by atoms with Crippen molar-refractivity contribution in [2.75, 3.05) is 6.54 Å². The Balaban J connectivity index is 1.96. The van der Waals surface area contributed by atoms with Crippen LogP contribution < -0.4 is 16.4 Å². The number of halogens is 1. The number of hydrogen-bond donors (Lipinski definition) is 3. The van der Waals surface area contributed by atoms with Gasteiger partial charge in [-0.1, -0.05) is 26.0 Å². The predicted molar refractivity (Wildman–Crippen MR) is 93.9 cm³/mol. The SMILES string of the molecule is CC(C)C(NC(=O)c1ccccc1Br)C(=O)NCC(N)C1CC1. The Morgan fingerprint density at radius 2 is 1.96 bits per heavy atom. The van der Waals surface area contributed by atoms with Gasteiger partial charge in [0.15, 0.2) is 0 Å². The number of benzene rings is 1. The molecular formula is C17H24BrN3O2. The van der Waals surface area contributed by atoms with E-state index in [9.17, 15) is 9.59 Å². The molecule has 5 nitrogen and oxygen atoms in total. The van der Waals surface area contributed by atoms with Gasteiger partial charge in [0.25, 0.3) is 5.91 Å². The molecule has 1 fully saturated rings. The molecule has 2 atom stereocenters. The van der Waals surface area contributed by atoms with Gasteiger partial charge in [-0.25, -0.2) is 0 Å². The van der Waals surface area contributed by atoms with E-state index in [0.29, 0.717) is 22.5 Å². The van der Waals surface area contributed by atoms with Crippen molar-refractivity contribution in [1.82, 2.24) is 10.6 Å². The van der Waals surface area contributed by atoms with Crippen LogP contribution >= 0.6 is 15.9 Å². The van der Waals surface area contributed by atoms with E-state index in [1.54, 1.807) is 18.2 Å². The van der Waals surface area contributed by atoms with Crippen LogP contribution in [0.15, 0.2) is 28.7 Å². The molecule has 1 saturated carbocycles. The molecule has 1 aliphatic carbocycles. The Morgan fingerprint density at radius 3 is 2.52 bits per heavy atom. The van der Waals surface area contributed by atoms with E-state index in [-0.39, 0.29) is 23.8 Å². The summed E-state index contributed by atoms with van der Waals surface area (Å²) in [5.74, 6) is 0.0653. The quantitative estimate of drug-likeness (QED) is 0.675. The molecule has 0 radical (unpaired) electrons. The van der Waals surface area contributed by atoms with E-state index in [0.717, 1.165) is 12.8 Å². The molecule has 1 aromatic rings. The third-order valence-corrected chi connectivity index (χ3v) is 4.79. The van der Waals surface area contributed by atoms with Crippen LogP contribution in [0.2, 0.25) is 0 Å². The fourth-order valence-electron chi connectivity index (χ4n) is 2.42. The lowest BCUT2D eigenvalue weighted by Crippen LogP contribution is -2.52. The monoisotopic (exact) mass is 381 g/mol. The van der Waals surface area contributed by atoms with Crippen molar-refractivity contribution in [3.8, 4) is 0 Å². The molecule has 126 valence electrons. The molecule has 0 heterocycles. The van der Waals surface area contributed by atoms with Crippen LogP contribution in [-0.4, -0.2) is 30.4 Å². The lowest BCUT2D eigenvalue weighted by Gasteiger charge is -2.23. The summed E-state index contributed by atoms with van der Waals surface area (Å²) in [7, 11) is 0. The molecule has 23 heavy (non-hydrogen) atoms. The van der Waals surface area contributed by atoms with Crippen molar-refractivity contribution in [2.45, 2.75) is 38.8 Å². The van der Waals surface area contributed by atoms with E-state index in [4.69, 9.17) is 5.73 Å². The van der Waals surface area contributed by atoms with Gasteiger partial charge in [0.2, 0.25) is 5.91 Å². The minimum absolute atomic E-state index is 0.00531. The summed E-state index contributed by atoms with van der Waals surface area (Å²) >= 11 is 3.36. The standard InChI is InChI=1S/C17H24BrN3O2/c1-10(2)15(17(23)20-9-14(19)11-7-8-11)21-16(22)12-5-3-4-6-13(12)18/h3-6,10-11,14-15H,7-9,19H2,1-2H3,(H,20,23)(H,21,22). The highest BCUT2D eigenvalue weighted by atomic mass is 79.9. The molecule has 0 aromatic heterocycles. The van der Waals surface area contributed by atoms with Gasteiger partial charge >= 0.3 is 0 Å². The second kappa shape index (κ2) is 7.93. The third-order valence-electron chi connectivity index (χ3n) is 4.09. The molecule has 1 aromatic carbocycles. The zero-order chi connectivity index (χ0) is 17.0. The van der Waals surface area contributed by atoms with Gasteiger partial charge in [-0.05, 0) is 52.7 Å². The van der Waals surface area contributed by atoms with Crippen LogP contribution in [0.1, 0.15) is 37.0 Å². The van der Waals surface area contributed by atoms with Crippen LogP contribution in [0, 0.1) is 11.8 Å². The first-order valence-corrected chi connectivity index (χ1v) is 8.78. The van der Waals surface area contributed by atoms with Gasteiger partial charge in [-0.3, -0.25) is 9.59 Å². The summed E-state index contributed by atoms with van der Waals surface area (Å²) in [6, 6.07) is 6.57. The highest BCUT2D eigenvalue weighted by Gasteiger charge is 2.30. The fraction of sp³-hybridized carbons (Fsp3) is 0.529. The largest absolute Gasteiger partial charge is 0.353 e. The molecule has 1 aliphatic rings. The highest BCUT2D eigenvalue weighted by Crippen LogP contribution is 2.31. The van der Waals surface area contributed by atoms with E-state index in [1.807, 2.05) is 19.9 Å². The van der Waals surface area contributed by atoms with E-state index >= 15 is 0 Å². The van der Waals surface area contributed by atoms with Crippen LogP contribution in [0.3, 0.4) is 0 Å². The number of rotatable bonds is 7. The summed E-state index contributed by atoms with van der Waals surface area (Å²) in [4.78, 5) is 24.8. The van der Waals surface area contributed by atoms with Crippen molar-refractivity contribution >= 4 is 27.7 Å². The number of nitrogens with two attached hydrogens (primary N) is 1. The molecule has 0 spiro atoms. The maximum Gasteiger partial charge on any atom is 0.253 e. The average Bonchev–Trinajstić information content (AvgIpc) is 3.34. The number of carbonyl (C=O) groups is 2. The molecule has 4 N–H and O–H groups in total. The third kappa shape index (κ3) is 5.04. The Bertz CT molecular complexity index is 573. The second-order valence-electron chi connectivity index (χ2n) is 6.42. The maximum atomic E-state index is 12.4. The lowest BCUT2D eigenvalue weighted by atomic mass is 10.0. The van der Waals surface area contributed by atoms with E-state index < -0.39 is 6.04 Å². The van der Waals surface area contributed by atoms with Crippen molar-refractivity contribution in [2.24, 2.45) is 17.6 Å². The van der Waals surface area contributed by atoms with E-state index in [1.165, 1.54) is 0 Å². The van der Waals surface area contributed by atoms with Gasteiger partial charge in [0.1, 0.15) is 6.04 Å². The summed E-state index contributed by atoms with van der Waals surface area (Å²) in [6.07, 6.45) is 2.28. The van der Waals surface area contributed by atoms with Crippen LogP contribution in [0.5, 0.6) is 0 Å². The fourth-order valence-corrected chi connectivity index (χ4v) is 2.88. The number of carbonyl (C=O) groups excluding carboxylic acids is 2. The first-order chi connectivity index (χ1) is 10.9. The summed E-state index contributed by atoms with van der Waals surface area (Å²) in [6.45, 7) is 4.27. The number of nitrogens with one attached hydrogen (secondary N) is 2. The first kappa shape index (κ1) is 17.9. The summed E-state index contributed by atoms with van der Waals surface area (Å²) in [5, 5.41) is 5.69. The zero-order valence-electron chi connectivity index (χ0n) is 13.5. The molecular weight excluding hydrogens is 358 g/mol. The molecule has 6 heteroatoms. The molecule has 0 bridgehead atoms. The summed E-state index contributed by atoms with van der Waals surface area (Å²) < 4.78 is 0.705. The number of amides is 2. The minimum atomic E-state index is -0.582. The highest BCUT2D eigenvalue weighted by molar-refractivity contribution is 9.10. The lowest BCUT2D eigenvalue weighted by molar-refractivity contribution is -0.124. The molecule has 0 saturated heterocycles. The first-order valence-electron chi connectivity index (χ1n) is 7.98.